The standard InChI is InChI=1S/C16H16N2O6/c1-22-13-7-5-11(9-12(13)18(20)21)17-16(19)10-4-6-14(23-2)15(8-10)24-3/h4-9H,1-3H3,(H,17,19). The van der Waals surface area contributed by atoms with Crippen molar-refractivity contribution in [3.63, 3.8) is 0 Å². The molecule has 0 radical (unpaired) electrons. The summed E-state index contributed by atoms with van der Waals surface area (Å²) in [5.74, 6) is 0.583. The summed E-state index contributed by atoms with van der Waals surface area (Å²) in [6, 6.07) is 8.86. The number of nitro groups is 1. The van der Waals surface area contributed by atoms with Crippen molar-refractivity contribution in [2.75, 3.05) is 26.6 Å². The van der Waals surface area contributed by atoms with Gasteiger partial charge in [-0.1, -0.05) is 0 Å². The summed E-state index contributed by atoms with van der Waals surface area (Å²) in [4.78, 5) is 22.8. The van der Waals surface area contributed by atoms with Gasteiger partial charge in [-0.15, -0.1) is 0 Å². The SMILES string of the molecule is COc1ccc(C(=O)Nc2ccc(OC)c([N+](=O)[O-])c2)cc1OC. The van der Waals surface area contributed by atoms with Crippen LogP contribution in [0.5, 0.6) is 17.2 Å². The number of nitrogens with one attached hydrogen (secondary N) is 1. The Labute approximate surface area is 138 Å². The molecule has 1 N–H and O–H groups in total. The molecule has 0 unspecified atom stereocenters. The molecule has 0 fully saturated rings. The smallest absolute Gasteiger partial charge is 0.312 e. The Kier molecular flexibility index (Phi) is 5.20. The van der Waals surface area contributed by atoms with Crippen LogP contribution in [0.4, 0.5) is 11.4 Å². The Morgan fingerprint density at radius 3 is 2.17 bits per heavy atom. The molecular weight excluding hydrogens is 316 g/mol. The van der Waals surface area contributed by atoms with E-state index in [2.05, 4.69) is 5.32 Å². The van der Waals surface area contributed by atoms with Crippen LogP contribution in [0.2, 0.25) is 0 Å². The van der Waals surface area contributed by atoms with E-state index in [1.54, 1.807) is 12.1 Å². The maximum absolute atomic E-state index is 12.3. The fraction of sp³-hybridized carbons (Fsp3) is 0.188. The third-order valence-electron chi connectivity index (χ3n) is 3.28. The summed E-state index contributed by atoms with van der Waals surface area (Å²) in [7, 11) is 4.30. The molecule has 0 spiro atoms. The Morgan fingerprint density at radius 2 is 1.58 bits per heavy atom. The van der Waals surface area contributed by atoms with Gasteiger partial charge in [0, 0.05) is 17.3 Å². The Morgan fingerprint density at radius 1 is 0.958 bits per heavy atom. The van der Waals surface area contributed by atoms with Crippen molar-refractivity contribution in [2.45, 2.75) is 0 Å². The molecular formula is C16H16N2O6. The fourth-order valence-electron chi connectivity index (χ4n) is 2.09. The van der Waals surface area contributed by atoms with Crippen LogP contribution in [-0.4, -0.2) is 32.2 Å². The number of anilines is 1. The number of carbonyl (C=O) groups excluding carboxylic acids is 1. The van der Waals surface area contributed by atoms with Crippen molar-refractivity contribution in [1.82, 2.24) is 0 Å². The van der Waals surface area contributed by atoms with E-state index in [1.165, 1.54) is 45.6 Å². The summed E-state index contributed by atoms with van der Waals surface area (Å²) >= 11 is 0. The predicted octanol–water partition coefficient (Wildman–Crippen LogP) is 2.87. The van der Waals surface area contributed by atoms with Crippen LogP contribution in [0.1, 0.15) is 10.4 Å². The highest BCUT2D eigenvalue weighted by molar-refractivity contribution is 6.04. The van der Waals surface area contributed by atoms with Crippen molar-refractivity contribution in [3.05, 3.63) is 52.1 Å². The molecule has 24 heavy (non-hydrogen) atoms. The summed E-state index contributed by atoms with van der Waals surface area (Å²) < 4.78 is 15.2. The quantitative estimate of drug-likeness (QED) is 0.645. The molecule has 0 atom stereocenters. The molecule has 0 saturated heterocycles. The van der Waals surface area contributed by atoms with Crippen molar-refractivity contribution in [1.29, 1.82) is 0 Å². The number of amides is 1. The van der Waals surface area contributed by atoms with Gasteiger partial charge >= 0.3 is 5.69 Å². The summed E-state index contributed by atoms with van der Waals surface area (Å²) in [6.07, 6.45) is 0. The van der Waals surface area contributed by atoms with Gasteiger partial charge in [0.1, 0.15) is 0 Å². The van der Waals surface area contributed by atoms with Crippen LogP contribution >= 0.6 is 0 Å². The first-order valence-corrected chi connectivity index (χ1v) is 6.86. The first kappa shape index (κ1) is 17.1. The number of nitrogens with zero attached hydrogens (tertiary/aromatic N) is 1. The van der Waals surface area contributed by atoms with Crippen molar-refractivity contribution >= 4 is 17.3 Å². The number of hydrogen-bond donors (Lipinski definition) is 1. The van der Waals surface area contributed by atoms with Gasteiger partial charge in [0.05, 0.1) is 26.3 Å². The molecule has 2 aromatic rings. The maximum atomic E-state index is 12.3. The van der Waals surface area contributed by atoms with Crippen molar-refractivity contribution < 1.29 is 23.9 Å². The molecule has 8 heteroatoms. The lowest BCUT2D eigenvalue weighted by molar-refractivity contribution is -0.385. The molecule has 0 aliphatic heterocycles. The molecule has 8 nitrogen and oxygen atoms in total. The summed E-state index contributed by atoms with van der Waals surface area (Å²) in [6.45, 7) is 0. The number of methoxy groups -OCH3 is 3. The van der Waals surface area contributed by atoms with Crippen LogP contribution in [0, 0.1) is 10.1 Å². The highest BCUT2D eigenvalue weighted by atomic mass is 16.6. The van der Waals surface area contributed by atoms with Crippen LogP contribution in [0.15, 0.2) is 36.4 Å². The van der Waals surface area contributed by atoms with Gasteiger partial charge < -0.3 is 19.5 Å². The number of carbonyl (C=O) groups is 1. The normalized spacial score (nSPS) is 9.96. The second-order valence-corrected chi connectivity index (χ2v) is 4.67. The number of ether oxygens (including phenoxy) is 3. The molecule has 0 aliphatic rings. The maximum Gasteiger partial charge on any atom is 0.312 e. The van der Waals surface area contributed by atoms with Gasteiger partial charge in [-0.2, -0.15) is 0 Å². The van der Waals surface area contributed by atoms with E-state index >= 15 is 0 Å². The lowest BCUT2D eigenvalue weighted by atomic mass is 10.1. The molecule has 0 heterocycles. The minimum atomic E-state index is -0.578. The number of hydrogen-bond acceptors (Lipinski definition) is 6. The van der Waals surface area contributed by atoms with E-state index in [0.29, 0.717) is 17.1 Å². The van der Waals surface area contributed by atoms with E-state index in [1.807, 2.05) is 0 Å². The zero-order valence-electron chi connectivity index (χ0n) is 13.4. The Hall–Kier alpha value is -3.29. The molecule has 126 valence electrons. The molecule has 2 rings (SSSR count). The van der Waals surface area contributed by atoms with E-state index < -0.39 is 10.8 Å². The molecule has 2 aromatic carbocycles. The third kappa shape index (κ3) is 3.54. The largest absolute Gasteiger partial charge is 0.493 e. The minimum absolute atomic E-state index is 0.115. The van der Waals surface area contributed by atoms with E-state index in [9.17, 15) is 14.9 Å². The molecule has 0 saturated carbocycles. The van der Waals surface area contributed by atoms with Crippen molar-refractivity contribution in [3.8, 4) is 17.2 Å². The number of rotatable bonds is 6. The summed E-state index contributed by atoms with van der Waals surface area (Å²) in [5, 5.41) is 13.6. The van der Waals surface area contributed by atoms with Crippen LogP contribution < -0.4 is 19.5 Å². The second-order valence-electron chi connectivity index (χ2n) is 4.67. The zero-order valence-corrected chi connectivity index (χ0v) is 13.4. The monoisotopic (exact) mass is 332 g/mol. The Bertz CT molecular complexity index is 775. The second kappa shape index (κ2) is 7.32. The van der Waals surface area contributed by atoms with Gasteiger partial charge in [-0.05, 0) is 30.3 Å². The van der Waals surface area contributed by atoms with Gasteiger partial charge in [-0.3, -0.25) is 14.9 Å². The topological polar surface area (TPSA) is 99.9 Å². The fourth-order valence-corrected chi connectivity index (χ4v) is 2.09. The highest BCUT2D eigenvalue weighted by Crippen LogP contribution is 2.31. The van der Waals surface area contributed by atoms with E-state index in [-0.39, 0.29) is 17.1 Å². The average Bonchev–Trinajstić information content (AvgIpc) is 2.60. The molecule has 0 aliphatic carbocycles. The van der Waals surface area contributed by atoms with Gasteiger partial charge in [-0.25, -0.2) is 0 Å². The lowest BCUT2D eigenvalue weighted by Gasteiger charge is -2.10. The number of benzene rings is 2. The van der Waals surface area contributed by atoms with Crippen LogP contribution in [-0.2, 0) is 0 Å². The lowest BCUT2D eigenvalue weighted by Crippen LogP contribution is -2.12. The number of nitro benzene ring substituents is 1. The van der Waals surface area contributed by atoms with Gasteiger partial charge in [0.15, 0.2) is 17.2 Å². The van der Waals surface area contributed by atoms with E-state index in [4.69, 9.17) is 14.2 Å². The molecule has 1 amide bonds. The average molecular weight is 332 g/mol. The summed E-state index contributed by atoms with van der Waals surface area (Å²) in [5.41, 5.74) is 0.371. The minimum Gasteiger partial charge on any atom is -0.493 e. The highest BCUT2D eigenvalue weighted by Gasteiger charge is 2.17. The first-order valence-electron chi connectivity index (χ1n) is 6.86. The van der Waals surface area contributed by atoms with Crippen LogP contribution in [0.3, 0.4) is 0 Å². The Balaban J connectivity index is 2.26. The predicted molar refractivity (Wildman–Crippen MR) is 87.1 cm³/mol. The first-order chi connectivity index (χ1) is 11.5. The molecule has 0 bridgehead atoms. The van der Waals surface area contributed by atoms with Crippen LogP contribution in [0.25, 0.3) is 0 Å². The third-order valence-corrected chi connectivity index (χ3v) is 3.28. The van der Waals surface area contributed by atoms with Crippen molar-refractivity contribution in [2.24, 2.45) is 0 Å². The zero-order chi connectivity index (χ0) is 17.7. The van der Waals surface area contributed by atoms with Gasteiger partial charge in [0.25, 0.3) is 5.91 Å². The van der Waals surface area contributed by atoms with Gasteiger partial charge in [0.2, 0.25) is 0 Å². The molecule has 0 aromatic heterocycles. The van der Waals surface area contributed by atoms with E-state index in [0.717, 1.165) is 0 Å².